The second-order valence-corrected chi connectivity index (χ2v) is 7.28. The summed E-state index contributed by atoms with van der Waals surface area (Å²) in [7, 11) is 0. The molecule has 0 bridgehead atoms. The van der Waals surface area contributed by atoms with Crippen molar-refractivity contribution in [3.63, 3.8) is 0 Å². The summed E-state index contributed by atoms with van der Waals surface area (Å²) in [6.07, 6.45) is 1.74. The van der Waals surface area contributed by atoms with Crippen LogP contribution in [-0.2, 0) is 19.2 Å². The molecule has 3 fully saturated rings. The third-order valence-corrected chi connectivity index (χ3v) is 5.81. The van der Waals surface area contributed by atoms with Crippen LogP contribution in [0.1, 0.15) is 32.6 Å². The Morgan fingerprint density at radius 1 is 1.38 bits per heavy atom. The quantitative estimate of drug-likeness (QED) is 0.662. The van der Waals surface area contributed by atoms with Crippen LogP contribution in [0.15, 0.2) is 0 Å². The molecule has 3 rings (SSSR count). The van der Waals surface area contributed by atoms with E-state index in [0.717, 1.165) is 6.42 Å². The average Bonchev–Trinajstić information content (AvgIpc) is 2.90. The fraction of sp³-hybridized carbons (Fsp3) is 0.692. The Hall–Kier alpha value is -1.57. The number of amides is 4. The van der Waals surface area contributed by atoms with Gasteiger partial charge in [-0.1, -0.05) is 0 Å². The van der Waals surface area contributed by atoms with E-state index < -0.39 is 18.0 Å². The van der Waals surface area contributed by atoms with E-state index in [0.29, 0.717) is 18.6 Å². The predicted octanol–water partition coefficient (Wildman–Crippen LogP) is -0.638. The molecule has 0 radical (unpaired) electrons. The van der Waals surface area contributed by atoms with Gasteiger partial charge in [0.25, 0.3) is 0 Å². The van der Waals surface area contributed by atoms with Crippen LogP contribution in [0.4, 0.5) is 0 Å². The number of carbonyl (C=O) groups excluding carboxylic acids is 4. The molecule has 0 saturated carbocycles. The van der Waals surface area contributed by atoms with Gasteiger partial charge in [-0.25, -0.2) is 0 Å². The van der Waals surface area contributed by atoms with Crippen LogP contribution in [0, 0.1) is 0 Å². The molecule has 3 saturated heterocycles. The zero-order valence-corrected chi connectivity index (χ0v) is 12.5. The van der Waals surface area contributed by atoms with E-state index in [4.69, 9.17) is 0 Å². The zero-order chi connectivity index (χ0) is 15.2. The number of imide groups is 1. The molecule has 8 heteroatoms. The lowest BCUT2D eigenvalue weighted by atomic mass is 10.1. The number of piperidine rings is 1. The topological polar surface area (TPSA) is 95.6 Å². The van der Waals surface area contributed by atoms with Crippen molar-refractivity contribution >= 4 is 35.4 Å². The fourth-order valence-electron chi connectivity index (χ4n) is 3.11. The first-order chi connectivity index (χ1) is 9.90. The van der Waals surface area contributed by atoms with Crippen molar-refractivity contribution in [2.45, 2.75) is 49.6 Å². The van der Waals surface area contributed by atoms with Crippen molar-refractivity contribution in [3.05, 3.63) is 0 Å². The average molecular weight is 311 g/mol. The molecule has 0 aromatic carbocycles. The number of nitrogens with one attached hydrogen (secondary N) is 2. The Morgan fingerprint density at radius 2 is 2.14 bits per heavy atom. The van der Waals surface area contributed by atoms with Crippen molar-refractivity contribution in [1.29, 1.82) is 0 Å². The molecular weight excluding hydrogens is 294 g/mol. The van der Waals surface area contributed by atoms with Gasteiger partial charge in [0.1, 0.15) is 12.1 Å². The molecule has 3 unspecified atom stereocenters. The van der Waals surface area contributed by atoms with Crippen LogP contribution < -0.4 is 10.6 Å². The van der Waals surface area contributed by atoms with E-state index in [2.05, 4.69) is 10.6 Å². The van der Waals surface area contributed by atoms with E-state index in [1.54, 1.807) is 16.7 Å². The molecule has 3 heterocycles. The third-order valence-electron chi connectivity index (χ3n) is 4.30. The van der Waals surface area contributed by atoms with Crippen LogP contribution in [0.3, 0.4) is 0 Å². The van der Waals surface area contributed by atoms with Crippen LogP contribution in [0.2, 0.25) is 0 Å². The maximum atomic E-state index is 12.4. The second kappa shape index (κ2) is 5.01. The summed E-state index contributed by atoms with van der Waals surface area (Å²) in [5.74, 6) is -0.562. The molecule has 21 heavy (non-hydrogen) atoms. The number of rotatable bonds is 2. The minimum absolute atomic E-state index is 0.00840. The van der Waals surface area contributed by atoms with Crippen molar-refractivity contribution in [3.8, 4) is 0 Å². The first-order valence-corrected chi connectivity index (χ1v) is 7.99. The summed E-state index contributed by atoms with van der Waals surface area (Å²) in [5, 5.41) is 4.88. The summed E-state index contributed by atoms with van der Waals surface area (Å²) in [5.41, 5.74) is 0. The lowest BCUT2D eigenvalue weighted by Gasteiger charge is -2.31. The number of fused-ring (bicyclic) bond motifs is 1. The van der Waals surface area contributed by atoms with Gasteiger partial charge < -0.3 is 10.2 Å². The third kappa shape index (κ3) is 2.41. The molecule has 3 aliphatic rings. The van der Waals surface area contributed by atoms with Crippen LogP contribution in [-0.4, -0.2) is 51.2 Å². The Balaban J connectivity index is 1.67. The van der Waals surface area contributed by atoms with Gasteiger partial charge in [-0.3, -0.25) is 24.5 Å². The van der Waals surface area contributed by atoms with Gasteiger partial charge in [0.05, 0.1) is 4.87 Å². The van der Waals surface area contributed by atoms with Gasteiger partial charge in [0.2, 0.25) is 23.6 Å². The summed E-state index contributed by atoms with van der Waals surface area (Å²) < 4.78 is 0. The lowest BCUT2D eigenvalue weighted by Crippen LogP contribution is -2.57. The van der Waals surface area contributed by atoms with Crippen LogP contribution in [0.25, 0.3) is 0 Å². The molecule has 4 amide bonds. The summed E-state index contributed by atoms with van der Waals surface area (Å²) in [6, 6.07) is -1.22. The summed E-state index contributed by atoms with van der Waals surface area (Å²) >= 11 is 1.61. The normalized spacial score (nSPS) is 35.7. The Labute approximate surface area is 126 Å². The van der Waals surface area contributed by atoms with Gasteiger partial charge in [0.15, 0.2) is 0 Å². The first-order valence-electron chi connectivity index (χ1n) is 7.01. The fourth-order valence-corrected chi connectivity index (χ4v) is 4.55. The van der Waals surface area contributed by atoms with Crippen molar-refractivity contribution < 1.29 is 19.2 Å². The lowest BCUT2D eigenvalue weighted by molar-refractivity contribution is -0.140. The molecule has 2 N–H and O–H groups in total. The largest absolute Gasteiger partial charge is 0.342 e. The van der Waals surface area contributed by atoms with E-state index in [-0.39, 0.29) is 29.0 Å². The second-order valence-electron chi connectivity index (χ2n) is 5.78. The van der Waals surface area contributed by atoms with E-state index in [1.807, 2.05) is 6.92 Å². The van der Waals surface area contributed by atoms with Crippen molar-refractivity contribution in [2.75, 3.05) is 5.75 Å². The highest BCUT2D eigenvalue weighted by atomic mass is 32.2. The minimum Gasteiger partial charge on any atom is -0.342 e. The number of thioether (sulfide) groups is 1. The number of hydrogen-bond acceptors (Lipinski definition) is 5. The van der Waals surface area contributed by atoms with Gasteiger partial charge in [-0.2, -0.15) is 0 Å². The highest BCUT2D eigenvalue weighted by Gasteiger charge is 2.53. The van der Waals surface area contributed by atoms with Crippen LogP contribution >= 0.6 is 11.8 Å². The zero-order valence-electron chi connectivity index (χ0n) is 11.7. The van der Waals surface area contributed by atoms with Crippen LogP contribution in [0.5, 0.6) is 0 Å². The van der Waals surface area contributed by atoms with Gasteiger partial charge in [-0.05, 0) is 19.8 Å². The highest BCUT2D eigenvalue weighted by Crippen LogP contribution is 2.47. The number of carbonyl (C=O) groups is 4. The molecule has 0 aliphatic carbocycles. The van der Waals surface area contributed by atoms with E-state index >= 15 is 0 Å². The van der Waals surface area contributed by atoms with Gasteiger partial charge in [-0.15, -0.1) is 11.8 Å². The van der Waals surface area contributed by atoms with Gasteiger partial charge >= 0.3 is 0 Å². The molecule has 114 valence electrons. The molecular formula is C13H17N3O4S. The molecule has 0 aromatic rings. The molecule has 3 aliphatic heterocycles. The Bertz CT molecular complexity index is 538. The van der Waals surface area contributed by atoms with Crippen molar-refractivity contribution in [2.24, 2.45) is 0 Å². The Morgan fingerprint density at radius 3 is 2.86 bits per heavy atom. The predicted molar refractivity (Wildman–Crippen MR) is 75.0 cm³/mol. The molecule has 3 atom stereocenters. The summed E-state index contributed by atoms with van der Waals surface area (Å²) in [4.78, 5) is 48.5. The first kappa shape index (κ1) is 14.4. The Kier molecular flexibility index (Phi) is 3.43. The highest BCUT2D eigenvalue weighted by molar-refractivity contribution is 8.01. The summed E-state index contributed by atoms with van der Waals surface area (Å²) in [6.45, 7) is 1.97. The van der Waals surface area contributed by atoms with E-state index in [1.165, 1.54) is 0 Å². The smallest absolute Gasteiger partial charge is 0.249 e. The standard InChI is InChI=1S/C13H17N3O4S/c1-13-5-4-10(18)16(13)8(6-21-13)12(20)14-7-2-3-9(17)15-11(7)19/h7-8H,2-6H2,1H3,(H,14,20)(H,15,17,19). The minimum atomic E-state index is -0.690. The maximum absolute atomic E-state index is 12.4. The number of hydrogen-bond donors (Lipinski definition) is 2. The molecule has 7 nitrogen and oxygen atoms in total. The monoisotopic (exact) mass is 311 g/mol. The van der Waals surface area contributed by atoms with Gasteiger partial charge in [0, 0.05) is 18.6 Å². The van der Waals surface area contributed by atoms with E-state index in [9.17, 15) is 19.2 Å². The molecule has 0 aromatic heterocycles. The maximum Gasteiger partial charge on any atom is 0.249 e. The van der Waals surface area contributed by atoms with Crippen molar-refractivity contribution in [1.82, 2.24) is 15.5 Å². The SMILES string of the molecule is CC12CCC(=O)N1C(C(=O)NC1CCC(=O)NC1=O)CS2. The molecule has 0 spiro atoms. The number of nitrogens with zero attached hydrogens (tertiary/aromatic N) is 1.